The number of piperazine rings is 1. The van der Waals surface area contributed by atoms with E-state index < -0.39 is 0 Å². The van der Waals surface area contributed by atoms with Crippen molar-refractivity contribution in [1.82, 2.24) is 19.8 Å². The highest BCUT2D eigenvalue weighted by Crippen LogP contribution is 2.25. The Hall–Kier alpha value is -2.34. The van der Waals surface area contributed by atoms with Crippen molar-refractivity contribution in [3.63, 3.8) is 0 Å². The number of carbonyl (C=O) groups excluding carboxylic acids is 1. The molecule has 2 aromatic rings. The number of aromatic nitrogens is 2. The number of hydrogen-bond donors (Lipinski definition) is 1. The lowest BCUT2D eigenvalue weighted by Gasteiger charge is -2.36. The SMILES string of the molecule is Cn1ccnc1C1CNCCN1C(=O)c1ccc(N2CCCCC2)cc1. The van der Waals surface area contributed by atoms with Gasteiger partial charge in [0.15, 0.2) is 0 Å². The zero-order valence-electron chi connectivity index (χ0n) is 15.4. The summed E-state index contributed by atoms with van der Waals surface area (Å²) < 4.78 is 2.00. The second-order valence-electron chi connectivity index (χ2n) is 7.21. The average Bonchev–Trinajstić information content (AvgIpc) is 3.14. The average molecular weight is 353 g/mol. The maximum absolute atomic E-state index is 13.2. The van der Waals surface area contributed by atoms with Crippen molar-refractivity contribution in [2.45, 2.75) is 25.3 Å². The van der Waals surface area contributed by atoms with Gasteiger partial charge in [-0.1, -0.05) is 0 Å². The molecular formula is C20H27N5O. The van der Waals surface area contributed by atoms with Crippen molar-refractivity contribution in [2.24, 2.45) is 7.05 Å². The molecule has 0 saturated carbocycles. The molecule has 1 amide bonds. The third kappa shape index (κ3) is 3.33. The first-order valence-corrected chi connectivity index (χ1v) is 9.58. The normalized spacial score (nSPS) is 21.0. The number of nitrogens with one attached hydrogen (secondary N) is 1. The first-order chi connectivity index (χ1) is 12.7. The fourth-order valence-corrected chi connectivity index (χ4v) is 4.01. The van der Waals surface area contributed by atoms with Gasteiger partial charge in [0.1, 0.15) is 11.9 Å². The molecule has 6 nitrogen and oxygen atoms in total. The third-order valence-electron chi connectivity index (χ3n) is 5.50. The minimum absolute atomic E-state index is 0.0296. The molecule has 1 atom stereocenters. The molecule has 26 heavy (non-hydrogen) atoms. The zero-order chi connectivity index (χ0) is 17.9. The maximum atomic E-state index is 13.2. The van der Waals surface area contributed by atoms with Gasteiger partial charge in [-0.2, -0.15) is 0 Å². The molecule has 2 aliphatic rings. The lowest BCUT2D eigenvalue weighted by molar-refractivity contribution is 0.0621. The molecule has 3 heterocycles. The Balaban J connectivity index is 1.52. The van der Waals surface area contributed by atoms with Crippen LogP contribution in [0.25, 0.3) is 0 Å². The second-order valence-corrected chi connectivity index (χ2v) is 7.21. The minimum atomic E-state index is -0.0296. The van der Waals surface area contributed by atoms with Gasteiger partial charge in [0.05, 0.1) is 0 Å². The summed E-state index contributed by atoms with van der Waals surface area (Å²) in [5.41, 5.74) is 1.98. The van der Waals surface area contributed by atoms with E-state index in [1.165, 1.54) is 24.9 Å². The van der Waals surface area contributed by atoms with Gasteiger partial charge in [-0.15, -0.1) is 0 Å². The van der Waals surface area contributed by atoms with E-state index in [1.54, 1.807) is 6.20 Å². The molecule has 2 fully saturated rings. The van der Waals surface area contributed by atoms with Crippen molar-refractivity contribution in [2.75, 3.05) is 37.6 Å². The van der Waals surface area contributed by atoms with E-state index >= 15 is 0 Å². The van der Waals surface area contributed by atoms with Gasteiger partial charge in [-0.3, -0.25) is 4.79 Å². The van der Waals surface area contributed by atoms with Crippen LogP contribution in [0.15, 0.2) is 36.7 Å². The van der Waals surface area contributed by atoms with Gasteiger partial charge in [0.25, 0.3) is 5.91 Å². The largest absolute Gasteiger partial charge is 0.372 e. The first-order valence-electron chi connectivity index (χ1n) is 9.58. The molecule has 2 aliphatic heterocycles. The Morgan fingerprint density at radius 1 is 1.12 bits per heavy atom. The molecule has 1 unspecified atom stereocenters. The van der Waals surface area contributed by atoms with Crippen molar-refractivity contribution in [3.8, 4) is 0 Å². The van der Waals surface area contributed by atoms with Crippen LogP contribution in [0.1, 0.15) is 41.5 Å². The predicted molar refractivity (Wildman–Crippen MR) is 102 cm³/mol. The fraction of sp³-hybridized carbons (Fsp3) is 0.500. The van der Waals surface area contributed by atoms with E-state index in [4.69, 9.17) is 0 Å². The van der Waals surface area contributed by atoms with Crippen LogP contribution >= 0.6 is 0 Å². The topological polar surface area (TPSA) is 53.4 Å². The van der Waals surface area contributed by atoms with Crippen LogP contribution in [0.5, 0.6) is 0 Å². The summed E-state index contributed by atoms with van der Waals surface area (Å²) in [5, 5.41) is 3.38. The Bertz CT molecular complexity index is 748. The Morgan fingerprint density at radius 3 is 2.58 bits per heavy atom. The number of aryl methyl sites for hydroxylation is 1. The molecule has 0 bridgehead atoms. The number of nitrogens with zero attached hydrogens (tertiary/aromatic N) is 4. The van der Waals surface area contributed by atoms with Gasteiger partial charge in [-0.25, -0.2) is 4.98 Å². The van der Waals surface area contributed by atoms with Gasteiger partial charge >= 0.3 is 0 Å². The van der Waals surface area contributed by atoms with Gasteiger partial charge in [0, 0.05) is 63.4 Å². The molecule has 2 saturated heterocycles. The standard InChI is InChI=1S/C20H27N5O/c1-23-13-10-22-19(23)18-15-21-9-14-25(18)20(26)16-5-7-17(8-6-16)24-11-3-2-4-12-24/h5-8,10,13,18,21H,2-4,9,11-12,14-15H2,1H3. The fourth-order valence-electron chi connectivity index (χ4n) is 4.01. The number of rotatable bonds is 3. The van der Waals surface area contributed by atoms with Gasteiger partial charge in [-0.05, 0) is 43.5 Å². The number of benzene rings is 1. The predicted octanol–water partition coefficient (Wildman–Crippen LogP) is 2.20. The molecule has 0 spiro atoms. The lowest BCUT2D eigenvalue weighted by atomic mass is 10.1. The first kappa shape index (κ1) is 17.1. The zero-order valence-corrected chi connectivity index (χ0v) is 15.4. The smallest absolute Gasteiger partial charge is 0.254 e. The minimum Gasteiger partial charge on any atom is -0.372 e. The molecule has 0 radical (unpaired) electrons. The van der Waals surface area contributed by atoms with Gasteiger partial charge < -0.3 is 19.7 Å². The van der Waals surface area contributed by atoms with Gasteiger partial charge in [0.2, 0.25) is 0 Å². The number of carbonyl (C=O) groups is 1. The van der Waals surface area contributed by atoms with E-state index in [9.17, 15) is 4.79 Å². The Labute approximate surface area is 154 Å². The number of hydrogen-bond acceptors (Lipinski definition) is 4. The van der Waals surface area contributed by atoms with Crippen LogP contribution in [0.3, 0.4) is 0 Å². The van der Waals surface area contributed by atoms with Crippen molar-refractivity contribution in [3.05, 3.63) is 48.0 Å². The molecule has 1 aromatic carbocycles. The van der Waals surface area contributed by atoms with Crippen molar-refractivity contribution >= 4 is 11.6 Å². The molecule has 6 heteroatoms. The van der Waals surface area contributed by atoms with Crippen LogP contribution < -0.4 is 10.2 Å². The summed E-state index contributed by atoms with van der Waals surface area (Å²) in [6, 6.07) is 8.11. The summed E-state index contributed by atoms with van der Waals surface area (Å²) in [5.74, 6) is 1.01. The van der Waals surface area contributed by atoms with Crippen molar-refractivity contribution in [1.29, 1.82) is 0 Å². The molecule has 1 N–H and O–H groups in total. The summed E-state index contributed by atoms with van der Waals surface area (Å²) in [6.07, 6.45) is 7.56. The quantitative estimate of drug-likeness (QED) is 0.919. The summed E-state index contributed by atoms with van der Waals surface area (Å²) in [4.78, 5) is 22.0. The van der Waals surface area contributed by atoms with Crippen molar-refractivity contribution < 1.29 is 4.79 Å². The highest BCUT2D eigenvalue weighted by molar-refractivity contribution is 5.95. The molecule has 138 valence electrons. The number of piperidine rings is 1. The van der Waals surface area contributed by atoms with Crippen LogP contribution in [0.2, 0.25) is 0 Å². The number of imidazole rings is 1. The number of anilines is 1. The highest BCUT2D eigenvalue weighted by Gasteiger charge is 2.31. The molecule has 4 rings (SSSR count). The Kier molecular flexibility index (Phi) is 4.93. The Morgan fingerprint density at radius 2 is 1.88 bits per heavy atom. The third-order valence-corrected chi connectivity index (χ3v) is 5.50. The van der Waals surface area contributed by atoms with E-state index in [0.29, 0.717) is 6.54 Å². The van der Waals surface area contributed by atoms with Crippen LogP contribution in [-0.2, 0) is 7.05 Å². The summed E-state index contributed by atoms with van der Waals surface area (Å²) in [7, 11) is 1.98. The monoisotopic (exact) mass is 353 g/mol. The second kappa shape index (κ2) is 7.50. The van der Waals surface area contributed by atoms with E-state index in [0.717, 1.165) is 37.6 Å². The highest BCUT2D eigenvalue weighted by atomic mass is 16.2. The maximum Gasteiger partial charge on any atom is 0.254 e. The molecule has 0 aliphatic carbocycles. The van der Waals surface area contributed by atoms with E-state index in [2.05, 4.69) is 27.3 Å². The van der Waals surface area contributed by atoms with Crippen LogP contribution in [0.4, 0.5) is 5.69 Å². The molecular weight excluding hydrogens is 326 g/mol. The number of amides is 1. The summed E-state index contributed by atoms with van der Waals surface area (Å²) >= 11 is 0. The van der Waals surface area contributed by atoms with Crippen LogP contribution in [0, 0.1) is 0 Å². The molecule has 1 aromatic heterocycles. The van der Waals surface area contributed by atoms with Crippen LogP contribution in [-0.4, -0.2) is 53.1 Å². The van der Waals surface area contributed by atoms with E-state index in [-0.39, 0.29) is 11.9 Å². The lowest BCUT2D eigenvalue weighted by Crippen LogP contribution is -2.49. The summed E-state index contributed by atoms with van der Waals surface area (Å²) in [6.45, 7) is 4.49. The van der Waals surface area contributed by atoms with E-state index in [1.807, 2.05) is 34.8 Å².